The molecule has 0 aliphatic heterocycles. The second-order valence-corrected chi connectivity index (χ2v) is 6.51. The highest BCUT2D eigenvalue weighted by Crippen LogP contribution is 2.14. The number of aliphatic hydroxyl groups excluding tert-OH is 1. The minimum absolute atomic E-state index is 0.206. The maximum atomic E-state index is 12.4. The number of aromatic amines is 1. The van der Waals surface area contributed by atoms with Crippen LogP contribution in [0, 0.1) is 0 Å². The fourth-order valence-electron chi connectivity index (χ4n) is 2.79. The third kappa shape index (κ3) is 3.78. The topological polar surface area (TPSA) is 87.0 Å². The monoisotopic (exact) mass is 341 g/mol. The van der Waals surface area contributed by atoms with E-state index in [-0.39, 0.29) is 11.6 Å². The van der Waals surface area contributed by atoms with Gasteiger partial charge in [0.1, 0.15) is 11.2 Å². The summed E-state index contributed by atoms with van der Waals surface area (Å²) in [6.45, 7) is 6.81. The number of hydrogen-bond acceptors (Lipinski definition) is 5. The van der Waals surface area contributed by atoms with E-state index in [2.05, 4.69) is 20.0 Å². The molecule has 0 saturated heterocycles. The third-order valence-electron chi connectivity index (χ3n) is 4.07. The van der Waals surface area contributed by atoms with Gasteiger partial charge in [-0.15, -0.1) is 0 Å². The van der Waals surface area contributed by atoms with Crippen molar-refractivity contribution in [1.82, 2.24) is 24.6 Å². The second kappa shape index (κ2) is 7.16. The molecule has 1 aromatic carbocycles. The lowest BCUT2D eigenvalue weighted by molar-refractivity contribution is 0.101. The normalized spacial score (nSPS) is 13.0. The van der Waals surface area contributed by atoms with Crippen molar-refractivity contribution in [2.24, 2.45) is 0 Å². The summed E-state index contributed by atoms with van der Waals surface area (Å²) in [7, 11) is 0. The van der Waals surface area contributed by atoms with Gasteiger partial charge in [0.2, 0.25) is 0 Å². The van der Waals surface area contributed by atoms with Crippen LogP contribution in [0.25, 0.3) is 16.7 Å². The summed E-state index contributed by atoms with van der Waals surface area (Å²) < 4.78 is 1.67. The van der Waals surface area contributed by atoms with Crippen LogP contribution in [-0.4, -0.2) is 48.4 Å². The Bertz CT molecular complexity index is 899. The number of rotatable bonds is 6. The molecule has 0 radical (unpaired) electrons. The Kier molecular flexibility index (Phi) is 4.96. The molecule has 3 aromatic rings. The molecule has 2 N–H and O–H groups in total. The molecule has 3 rings (SSSR count). The lowest BCUT2D eigenvalue weighted by Crippen LogP contribution is -2.37. The van der Waals surface area contributed by atoms with Crippen LogP contribution < -0.4 is 5.56 Å². The molecular formula is C18H23N5O2. The Labute approximate surface area is 145 Å². The Morgan fingerprint density at radius 1 is 1.24 bits per heavy atom. The Balaban J connectivity index is 2.01. The van der Waals surface area contributed by atoms with Crippen molar-refractivity contribution in [2.75, 3.05) is 6.54 Å². The van der Waals surface area contributed by atoms with Crippen molar-refractivity contribution in [1.29, 1.82) is 0 Å². The summed E-state index contributed by atoms with van der Waals surface area (Å²) in [5, 5.41) is 14.5. The van der Waals surface area contributed by atoms with Crippen molar-refractivity contribution in [3.05, 3.63) is 52.7 Å². The van der Waals surface area contributed by atoms with Crippen molar-refractivity contribution < 1.29 is 5.11 Å². The van der Waals surface area contributed by atoms with Gasteiger partial charge >= 0.3 is 0 Å². The first-order valence-corrected chi connectivity index (χ1v) is 8.40. The molecule has 1 unspecified atom stereocenters. The van der Waals surface area contributed by atoms with Gasteiger partial charge in [0.25, 0.3) is 5.56 Å². The number of benzene rings is 1. The zero-order valence-corrected chi connectivity index (χ0v) is 14.7. The molecule has 0 fully saturated rings. The molecule has 0 aliphatic carbocycles. The van der Waals surface area contributed by atoms with Crippen molar-refractivity contribution in [3.8, 4) is 5.69 Å². The molecule has 0 amide bonds. The van der Waals surface area contributed by atoms with E-state index in [9.17, 15) is 9.90 Å². The highest BCUT2D eigenvalue weighted by Gasteiger charge is 2.16. The summed E-state index contributed by atoms with van der Waals surface area (Å²) in [4.78, 5) is 21.9. The van der Waals surface area contributed by atoms with Crippen LogP contribution in [0.5, 0.6) is 0 Å². The van der Waals surface area contributed by atoms with E-state index in [0.717, 1.165) is 5.69 Å². The van der Waals surface area contributed by atoms with Gasteiger partial charge in [-0.2, -0.15) is 5.10 Å². The Hall–Kier alpha value is -2.51. The van der Waals surface area contributed by atoms with E-state index in [1.807, 2.05) is 44.2 Å². The number of H-pyrrole nitrogens is 1. The smallest absolute Gasteiger partial charge is 0.262 e. The molecule has 0 saturated carbocycles. The predicted octanol–water partition coefficient (Wildman–Crippen LogP) is 1.70. The van der Waals surface area contributed by atoms with E-state index in [1.165, 1.54) is 6.20 Å². The molecule has 0 spiro atoms. The first kappa shape index (κ1) is 17.3. The first-order valence-electron chi connectivity index (χ1n) is 8.40. The quantitative estimate of drug-likeness (QED) is 0.713. The maximum Gasteiger partial charge on any atom is 0.262 e. The number of aliphatic hydroxyl groups is 1. The van der Waals surface area contributed by atoms with Crippen LogP contribution in [0.15, 0.2) is 41.3 Å². The number of aromatic nitrogens is 4. The Morgan fingerprint density at radius 3 is 2.60 bits per heavy atom. The summed E-state index contributed by atoms with van der Waals surface area (Å²) in [5.74, 6) is 0.560. The molecule has 2 aromatic heterocycles. The average Bonchev–Trinajstić information content (AvgIpc) is 2.99. The molecule has 0 aliphatic rings. The standard InChI is InChI=1S/C18H23N5O2/c1-12(2)22(10-13(3)24)11-16-20-17-15(18(25)21-16)9-19-23(17)14-7-5-4-6-8-14/h4-9,12-13,24H,10-11H2,1-3H3,(H,20,21,25). The number of para-hydroxylation sites is 1. The minimum atomic E-state index is -0.451. The molecule has 7 heteroatoms. The van der Waals surface area contributed by atoms with Crippen LogP contribution in [0.1, 0.15) is 26.6 Å². The SMILES string of the molecule is CC(O)CN(Cc1nc2c(cnn2-c2ccccc2)c(=O)[nH]1)C(C)C. The van der Waals surface area contributed by atoms with E-state index >= 15 is 0 Å². The van der Waals surface area contributed by atoms with Gasteiger partial charge in [0, 0.05) is 12.6 Å². The van der Waals surface area contributed by atoms with Crippen LogP contribution >= 0.6 is 0 Å². The van der Waals surface area contributed by atoms with E-state index in [1.54, 1.807) is 11.6 Å². The fraction of sp³-hybridized carbons (Fsp3) is 0.389. The molecule has 7 nitrogen and oxygen atoms in total. The highest BCUT2D eigenvalue weighted by atomic mass is 16.3. The highest BCUT2D eigenvalue weighted by molar-refractivity contribution is 5.75. The first-order chi connectivity index (χ1) is 12.0. The number of fused-ring (bicyclic) bond motifs is 1. The van der Waals surface area contributed by atoms with E-state index in [0.29, 0.717) is 29.9 Å². The van der Waals surface area contributed by atoms with Crippen LogP contribution in [0.3, 0.4) is 0 Å². The molecular weight excluding hydrogens is 318 g/mol. The number of hydrogen-bond donors (Lipinski definition) is 2. The van der Waals surface area contributed by atoms with Gasteiger partial charge in [0.05, 0.1) is 24.5 Å². The lowest BCUT2D eigenvalue weighted by Gasteiger charge is -2.27. The lowest BCUT2D eigenvalue weighted by atomic mass is 10.2. The van der Waals surface area contributed by atoms with Gasteiger partial charge < -0.3 is 10.1 Å². The largest absolute Gasteiger partial charge is 0.392 e. The van der Waals surface area contributed by atoms with Crippen LogP contribution in [0.4, 0.5) is 0 Å². The summed E-state index contributed by atoms with van der Waals surface area (Å²) in [5.41, 5.74) is 1.18. The molecule has 2 heterocycles. The van der Waals surface area contributed by atoms with Gasteiger partial charge in [0.15, 0.2) is 5.65 Å². The average molecular weight is 341 g/mol. The van der Waals surface area contributed by atoms with Gasteiger partial charge in [-0.1, -0.05) is 18.2 Å². The van der Waals surface area contributed by atoms with Crippen molar-refractivity contribution in [2.45, 2.75) is 39.5 Å². The minimum Gasteiger partial charge on any atom is -0.392 e. The number of nitrogens with one attached hydrogen (secondary N) is 1. The summed E-state index contributed by atoms with van der Waals surface area (Å²) in [6.07, 6.45) is 1.08. The number of nitrogens with zero attached hydrogens (tertiary/aromatic N) is 4. The molecule has 25 heavy (non-hydrogen) atoms. The van der Waals surface area contributed by atoms with Crippen LogP contribution in [0.2, 0.25) is 0 Å². The van der Waals surface area contributed by atoms with Crippen molar-refractivity contribution >= 4 is 11.0 Å². The molecule has 1 atom stereocenters. The fourth-order valence-corrected chi connectivity index (χ4v) is 2.79. The zero-order chi connectivity index (χ0) is 18.0. The molecule has 132 valence electrons. The van der Waals surface area contributed by atoms with E-state index < -0.39 is 6.10 Å². The molecule has 0 bridgehead atoms. The van der Waals surface area contributed by atoms with Crippen molar-refractivity contribution in [3.63, 3.8) is 0 Å². The maximum absolute atomic E-state index is 12.4. The zero-order valence-electron chi connectivity index (χ0n) is 14.7. The van der Waals surface area contributed by atoms with Gasteiger partial charge in [-0.3, -0.25) is 9.69 Å². The second-order valence-electron chi connectivity index (χ2n) is 6.51. The predicted molar refractivity (Wildman–Crippen MR) is 96.7 cm³/mol. The van der Waals surface area contributed by atoms with Crippen LogP contribution in [-0.2, 0) is 6.54 Å². The van der Waals surface area contributed by atoms with Gasteiger partial charge in [-0.05, 0) is 32.9 Å². The summed E-state index contributed by atoms with van der Waals surface area (Å²) >= 11 is 0. The Morgan fingerprint density at radius 2 is 1.96 bits per heavy atom. The third-order valence-corrected chi connectivity index (χ3v) is 4.07. The summed E-state index contributed by atoms with van der Waals surface area (Å²) in [6, 6.07) is 9.82. The van der Waals surface area contributed by atoms with E-state index in [4.69, 9.17) is 0 Å². The van der Waals surface area contributed by atoms with Gasteiger partial charge in [-0.25, -0.2) is 9.67 Å².